The first-order valence-corrected chi connectivity index (χ1v) is 5.80. The summed E-state index contributed by atoms with van der Waals surface area (Å²) in [5.74, 6) is -1.73. The summed E-state index contributed by atoms with van der Waals surface area (Å²) in [6, 6.07) is 0. The van der Waals surface area contributed by atoms with Crippen LogP contribution in [0.25, 0.3) is 10.4 Å². The number of carboxylic acids is 1. The van der Waals surface area contributed by atoms with Gasteiger partial charge in [0.05, 0.1) is 31.6 Å². The van der Waals surface area contributed by atoms with Gasteiger partial charge in [-0.2, -0.15) is 0 Å². The lowest BCUT2D eigenvalue weighted by atomic mass is 10.2. The maximum atomic E-state index is 11.4. The van der Waals surface area contributed by atoms with Crippen molar-refractivity contribution in [2.75, 3.05) is 13.2 Å². The Bertz CT molecular complexity index is 358. The summed E-state index contributed by atoms with van der Waals surface area (Å²) in [5.41, 5.74) is 7.84. The minimum Gasteiger partial charge on any atom is -0.481 e. The topological polar surface area (TPSA) is 122 Å². The lowest BCUT2D eigenvalue weighted by Crippen LogP contribution is -2.31. The second kappa shape index (κ2) is 8.34. The third-order valence-electron chi connectivity index (χ3n) is 1.89. The molecule has 0 saturated carbocycles. The van der Waals surface area contributed by atoms with Crippen LogP contribution < -0.4 is 0 Å². The third kappa shape index (κ3) is 11.1. The van der Waals surface area contributed by atoms with Crippen molar-refractivity contribution in [2.24, 2.45) is 5.11 Å². The zero-order chi connectivity index (χ0) is 14.9. The first-order valence-electron chi connectivity index (χ1n) is 5.80. The molecule has 8 nitrogen and oxygen atoms in total. The highest BCUT2D eigenvalue weighted by Crippen LogP contribution is 2.09. The van der Waals surface area contributed by atoms with Crippen molar-refractivity contribution >= 4 is 11.9 Å². The number of carbonyl (C=O) groups is 2. The monoisotopic (exact) mass is 273 g/mol. The number of rotatable bonds is 8. The number of aliphatic carboxylic acids is 1. The molecule has 0 fully saturated rings. The molecule has 0 saturated heterocycles. The summed E-state index contributed by atoms with van der Waals surface area (Å²) in [4.78, 5) is 24.3. The van der Waals surface area contributed by atoms with Gasteiger partial charge in [0.25, 0.3) is 0 Å². The van der Waals surface area contributed by atoms with Gasteiger partial charge in [0.2, 0.25) is 0 Å². The number of azide groups is 1. The molecule has 1 atom stereocenters. The number of hydrogen-bond acceptors (Lipinski definition) is 5. The Kier molecular flexibility index (Phi) is 7.55. The van der Waals surface area contributed by atoms with Crippen LogP contribution in [-0.4, -0.2) is 41.9 Å². The molecule has 0 aliphatic carbocycles. The Hall–Kier alpha value is -1.79. The third-order valence-corrected chi connectivity index (χ3v) is 1.89. The predicted molar refractivity (Wildman–Crippen MR) is 66.5 cm³/mol. The number of esters is 1. The van der Waals surface area contributed by atoms with E-state index in [0.29, 0.717) is 0 Å². The van der Waals surface area contributed by atoms with Crippen molar-refractivity contribution < 1.29 is 24.2 Å². The minimum absolute atomic E-state index is 0.0502. The van der Waals surface area contributed by atoms with Crippen LogP contribution in [0, 0.1) is 0 Å². The highest BCUT2D eigenvalue weighted by molar-refractivity contribution is 5.76. The molecule has 0 radical (unpaired) electrons. The number of carboxylic acid groups (broad SMARTS) is 1. The summed E-state index contributed by atoms with van der Waals surface area (Å²) in [5, 5.41) is 11.8. The van der Waals surface area contributed by atoms with Gasteiger partial charge in [-0.25, -0.2) is 0 Å². The van der Waals surface area contributed by atoms with Gasteiger partial charge in [-0.15, -0.1) is 0 Å². The van der Waals surface area contributed by atoms with Gasteiger partial charge in [-0.1, -0.05) is 5.11 Å². The van der Waals surface area contributed by atoms with E-state index in [-0.39, 0.29) is 26.0 Å². The van der Waals surface area contributed by atoms with E-state index in [1.807, 2.05) is 20.8 Å². The van der Waals surface area contributed by atoms with Gasteiger partial charge < -0.3 is 14.6 Å². The van der Waals surface area contributed by atoms with Crippen LogP contribution >= 0.6 is 0 Å². The molecule has 0 aromatic rings. The van der Waals surface area contributed by atoms with Gasteiger partial charge >= 0.3 is 11.9 Å². The smallest absolute Gasteiger partial charge is 0.306 e. The molecule has 108 valence electrons. The van der Waals surface area contributed by atoms with Crippen molar-refractivity contribution in [1.82, 2.24) is 0 Å². The quantitative estimate of drug-likeness (QED) is 0.313. The number of carbonyl (C=O) groups excluding carboxylic acids is 1. The number of nitrogens with zero attached hydrogens (tertiary/aromatic N) is 3. The molecule has 0 spiro atoms. The molecule has 0 aromatic carbocycles. The first-order chi connectivity index (χ1) is 8.74. The Balaban J connectivity index is 4.29. The molecule has 0 heterocycles. The van der Waals surface area contributed by atoms with Crippen molar-refractivity contribution in [2.45, 2.75) is 45.3 Å². The summed E-state index contributed by atoms with van der Waals surface area (Å²) >= 11 is 0. The molecule has 0 rings (SSSR count). The Labute approximate surface area is 111 Å². The molecule has 0 bridgehead atoms. The lowest BCUT2D eigenvalue weighted by Gasteiger charge is -2.23. The van der Waals surface area contributed by atoms with Gasteiger partial charge in [-0.05, 0) is 26.3 Å². The lowest BCUT2D eigenvalue weighted by molar-refractivity contribution is -0.156. The minimum atomic E-state index is -1.07. The molecule has 0 unspecified atom stereocenters. The van der Waals surface area contributed by atoms with Crippen LogP contribution in [0.5, 0.6) is 0 Å². The molecular formula is C11H19N3O5. The SMILES string of the molecule is CC(C)(C)OC[C@@H](CN=[N+]=[N-])OC(=O)CCC(=O)O. The molecule has 19 heavy (non-hydrogen) atoms. The average Bonchev–Trinajstić information content (AvgIpc) is 2.29. The van der Waals surface area contributed by atoms with E-state index in [9.17, 15) is 9.59 Å². The van der Waals surface area contributed by atoms with E-state index in [4.69, 9.17) is 20.1 Å². The zero-order valence-electron chi connectivity index (χ0n) is 11.3. The standard InChI is InChI=1S/C11H19N3O5/c1-11(2,3)18-7-8(6-13-14-12)19-10(17)5-4-9(15)16/h8H,4-7H2,1-3H3,(H,15,16)/t8-/m1/s1. The van der Waals surface area contributed by atoms with Crippen LogP contribution in [0.2, 0.25) is 0 Å². The number of ether oxygens (including phenoxy) is 2. The van der Waals surface area contributed by atoms with E-state index in [2.05, 4.69) is 10.0 Å². The van der Waals surface area contributed by atoms with Gasteiger partial charge in [-0.3, -0.25) is 9.59 Å². The molecule has 0 aliphatic heterocycles. The van der Waals surface area contributed by atoms with E-state index in [1.165, 1.54) is 0 Å². The molecule has 0 aromatic heterocycles. The van der Waals surface area contributed by atoms with Gasteiger partial charge in [0.1, 0.15) is 6.10 Å². The second-order valence-electron chi connectivity index (χ2n) is 4.84. The molecule has 8 heteroatoms. The normalized spacial score (nSPS) is 12.4. The van der Waals surface area contributed by atoms with Crippen LogP contribution in [0.15, 0.2) is 5.11 Å². The van der Waals surface area contributed by atoms with Crippen LogP contribution in [0.3, 0.4) is 0 Å². The molecule has 0 aliphatic rings. The van der Waals surface area contributed by atoms with E-state index in [0.717, 1.165) is 0 Å². The molecular weight excluding hydrogens is 254 g/mol. The largest absolute Gasteiger partial charge is 0.481 e. The van der Waals surface area contributed by atoms with Crippen molar-refractivity contribution in [3.63, 3.8) is 0 Å². The van der Waals surface area contributed by atoms with Crippen molar-refractivity contribution in [3.05, 3.63) is 10.4 Å². The summed E-state index contributed by atoms with van der Waals surface area (Å²) in [7, 11) is 0. The molecule has 0 amide bonds. The van der Waals surface area contributed by atoms with Gasteiger partial charge in [0, 0.05) is 4.91 Å². The Morgan fingerprint density at radius 1 is 1.37 bits per heavy atom. The summed E-state index contributed by atoms with van der Waals surface area (Å²) < 4.78 is 10.4. The number of hydrogen-bond donors (Lipinski definition) is 1. The predicted octanol–water partition coefficient (Wildman–Crippen LogP) is 1.89. The molecule has 1 N–H and O–H groups in total. The zero-order valence-corrected chi connectivity index (χ0v) is 11.3. The Morgan fingerprint density at radius 2 is 2.00 bits per heavy atom. The average molecular weight is 273 g/mol. The van der Waals surface area contributed by atoms with Crippen LogP contribution in [0.1, 0.15) is 33.6 Å². The van der Waals surface area contributed by atoms with E-state index < -0.39 is 23.6 Å². The summed E-state index contributed by atoms with van der Waals surface area (Å²) in [6.07, 6.45) is -1.23. The van der Waals surface area contributed by atoms with Crippen LogP contribution in [0.4, 0.5) is 0 Å². The van der Waals surface area contributed by atoms with Crippen molar-refractivity contribution in [3.8, 4) is 0 Å². The van der Waals surface area contributed by atoms with Gasteiger partial charge in [0.15, 0.2) is 0 Å². The highest BCUT2D eigenvalue weighted by Gasteiger charge is 2.19. The fraction of sp³-hybridized carbons (Fsp3) is 0.818. The first kappa shape index (κ1) is 17.2. The Morgan fingerprint density at radius 3 is 2.47 bits per heavy atom. The van der Waals surface area contributed by atoms with E-state index in [1.54, 1.807) is 0 Å². The maximum absolute atomic E-state index is 11.4. The van der Waals surface area contributed by atoms with Crippen LogP contribution in [-0.2, 0) is 19.1 Å². The second-order valence-corrected chi connectivity index (χ2v) is 4.84. The fourth-order valence-electron chi connectivity index (χ4n) is 1.05. The highest BCUT2D eigenvalue weighted by atomic mass is 16.6. The summed E-state index contributed by atoms with van der Waals surface area (Å²) in [6.45, 7) is 5.55. The maximum Gasteiger partial charge on any atom is 0.306 e. The fourth-order valence-corrected chi connectivity index (χ4v) is 1.05. The van der Waals surface area contributed by atoms with E-state index >= 15 is 0 Å². The van der Waals surface area contributed by atoms with Crippen molar-refractivity contribution in [1.29, 1.82) is 0 Å².